The Morgan fingerprint density at radius 2 is 1.67 bits per heavy atom. The fraction of sp³-hybridized carbons (Fsp3) is 0.190. The summed E-state index contributed by atoms with van der Waals surface area (Å²) in [5.41, 5.74) is 0.594. The summed E-state index contributed by atoms with van der Waals surface area (Å²) in [6, 6.07) is 15.3. The molecule has 1 heterocycles. The van der Waals surface area contributed by atoms with Crippen molar-refractivity contribution in [2.75, 3.05) is 6.61 Å². The highest BCUT2D eigenvalue weighted by atomic mass is 32.2. The number of sulfonamides is 1. The van der Waals surface area contributed by atoms with Crippen LogP contribution in [0.2, 0.25) is 0 Å². The summed E-state index contributed by atoms with van der Waals surface area (Å²) in [6.07, 6.45) is -3.56. The lowest BCUT2D eigenvalue weighted by atomic mass is 10.1. The number of ether oxygens (including phenoxy) is 3. The van der Waals surface area contributed by atoms with Gasteiger partial charge in [0, 0.05) is 6.08 Å². The van der Waals surface area contributed by atoms with Crippen molar-refractivity contribution in [3.8, 4) is 0 Å². The fourth-order valence-corrected chi connectivity index (χ4v) is 3.66. The minimum Gasteiger partial charge on any atom is -0.450 e. The molecule has 2 unspecified atom stereocenters. The third kappa shape index (κ3) is 5.92. The molecule has 1 amide bonds. The molecule has 0 spiro atoms. The van der Waals surface area contributed by atoms with E-state index < -0.39 is 52.8 Å². The summed E-state index contributed by atoms with van der Waals surface area (Å²) in [5, 5.41) is 0. The van der Waals surface area contributed by atoms with Crippen LogP contribution in [0.25, 0.3) is 6.08 Å². The molecule has 2 atom stereocenters. The highest BCUT2D eigenvalue weighted by molar-refractivity contribution is 7.90. The van der Waals surface area contributed by atoms with E-state index in [2.05, 4.69) is 14.2 Å². The van der Waals surface area contributed by atoms with Gasteiger partial charge in [-0.25, -0.2) is 27.5 Å². The second-order valence-corrected chi connectivity index (χ2v) is 8.37. The Kier molecular flexibility index (Phi) is 7.07. The van der Waals surface area contributed by atoms with Crippen LogP contribution in [0, 0.1) is 0 Å². The van der Waals surface area contributed by atoms with Crippen LogP contribution in [-0.4, -0.2) is 51.2 Å². The third-order valence-electron chi connectivity index (χ3n) is 4.33. The molecule has 0 aliphatic carbocycles. The minimum absolute atomic E-state index is 0.238. The van der Waals surface area contributed by atoms with Gasteiger partial charge in [0.2, 0.25) is 6.10 Å². The number of cyclic esters (lactones) is 1. The van der Waals surface area contributed by atoms with Gasteiger partial charge in [0.05, 0.1) is 4.90 Å². The average Bonchev–Trinajstić information content (AvgIpc) is 3.00. The van der Waals surface area contributed by atoms with Gasteiger partial charge >= 0.3 is 24.0 Å². The van der Waals surface area contributed by atoms with Gasteiger partial charge in [0.15, 0.2) is 6.10 Å². The van der Waals surface area contributed by atoms with Crippen molar-refractivity contribution in [2.45, 2.75) is 23.0 Å². The van der Waals surface area contributed by atoms with E-state index in [1.807, 2.05) is 0 Å². The lowest BCUT2D eigenvalue weighted by Crippen LogP contribution is -2.43. The first-order valence-corrected chi connectivity index (χ1v) is 10.8. The molecule has 33 heavy (non-hydrogen) atoms. The van der Waals surface area contributed by atoms with Crippen LogP contribution >= 0.6 is 0 Å². The Labute approximate surface area is 187 Å². The molecule has 1 aliphatic rings. The molecule has 0 radical (unpaired) electrons. The Bertz CT molecular complexity index is 1150. The number of nitrogens with one attached hydrogen (secondary N) is 1. The largest absolute Gasteiger partial charge is 0.450 e. The maximum atomic E-state index is 14.2. The van der Waals surface area contributed by atoms with E-state index >= 15 is 0 Å². The number of hydrogen-bond donors (Lipinski definition) is 1. The first kappa shape index (κ1) is 23.9. The number of halogens is 2. The molecule has 0 saturated carbocycles. The number of rotatable bonds is 7. The summed E-state index contributed by atoms with van der Waals surface area (Å²) in [5.74, 6) is -7.36. The molecule has 1 fully saturated rings. The molecule has 3 rings (SSSR count). The molecule has 2 aromatic rings. The van der Waals surface area contributed by atoms with E-state index in [0.29, 0.717) is 5.56 Å². The topological polar surface area (TPSA) is 125 Å². The van der Waals surface area contributed by atoms with Crippen molar-refractivity contribution in [3.63, 3.8) is 0 Å². The lowest BCUT2D eigenvalue weighted by Gasteiger charge is -2.19. The van der Waals surface area contributed by atoms with Crippen LogP contribution in [0.4, 0.5) is 13.6 Å². The molecule has 1 N–H and O–H groups in total. The quantitative estimate of drug-likeness (QED) is 0.363. The molecule has 0 aromatic heterocycles. The Morgan fingerprint density at radius 1 is 1.06 bits per heavy atom. The smallest absolute Gasteiger partial charge is 0.421 e. The molecule has 9 nitrogen and oxygen atoms in total. The SMILES string of the molecule is O=C(/C=C/c1ccccc1)OC1C(COC(=O)NS(=O)(=O)c2ccccc2)OC(=O)C1(F)F. The van der Waals surface area contributed by atoms with Crippen molar-refractivity contribution >= 4 is 34.1 Å². The molecule has 1 aliphatic heterocycles. The monoisotopic (exact) mass is 481 g/mol. The molecule has 0 bridgehead atoms. The Balaban J connectivity index is 1.62. The number of esters is 2. The summed E-state index contributed by atoms with van der Waals surface area (Å²) in [4.78, 5) is 35.1. The van der Waals surface area contributed by atoms with Gasteiger partial charge in [-0.15, -0.1) is 0 Å². The average molecular weight is 481 g/mol. The van der Waals surface area contributed by atoms with Crippen molar-refractivity contribution in [1.82, 2.24) is 4.72 Å². The second-order valence-electron chi connectivity index (χ2n) is 6.69. The zero-order chi connectivity index (χ0) is 24.1. The molecule has 1 saturated heterocycles. The normalized spacial score (nSPS) is 19.6. The van der Waals surface area contributed by atoms with Crippen LogP contribution in [0.1, 0.15) is 5.56 Å². The Morgan fingerprint density at radius 3 is 2.30 bits per heavy atom. The summed E-state index contributed by atoms with van der Waals surface area (Å²) < 4.78 is 67.9. The predicted octanol–water partition coefficient (Wildman–Crippen LogP) is 2.29. The number of benzene rings is 2. The van der Waals surface area contributed by atoms with Gasteiger partial charge < -0.3 is 14.2 Å². The van der Waals surface area contributed by atoms with Gasteiger partial charge in [-0.2, -0.15) is 8.78 Å². The van der Waals surface area contributed by atoms with Crippen LogP contribution in [0.15, 0.2) is 71.6 Å². The van der Waals surface area contributed by atoms with Crippen LogP contribution in [0.5, 0.6) is 0 Å². The van der Waals surface area contributed by atoms with E-state index in [-0.39, 0.29) is 4.90 Å². The standard InChI is InChI=1S/C21H17F2NO8S/c22-21(23)18(32-17(25)12-11-14-7-3-1-4-8-14)16(31-19(21)26)13-30-20(27)24-33(28,29)15-9-5-2-6-10-15/h1-12,16,18H,13H2,(H,24,27)/b12-11+. The van der Waals surface area contributed by atoms with E-state index in [4.69, 9.17) is 0 Å². The van der Waals surface area contributed by atoms with E-state index in [1.165, 1.54) is 30.3 Å². The zero-order valence-electron chi connectivity index (χ0n) is 16.7. The summed E-state index contributed by atoms with van der Waals surface area (Å²) in [6.45, 7) is -0.988. The highest BCUT2D eigenvalue weighted by Crippen LogP contribution is 2.34. The van der Waals surface area contributed by atoms with Gasteiger partial charge in [-0.05, 0) is 23.8 Å². The Hall–Kier alpha value is -3.80. The third-order valence-corrected chi connectivity index (χ3v) is 5.66. The van der Waals surface area contributed by atoms with Gasteiger partial charge in [0.25, 0.3) is 10.0 Å². The molecular formula is C21H17F2NO8S. The maximum absolute atomic E-state index is 14.2. The first-order chi connectivity index (χ1) is 15.6. The van der Waals surface area contributed by atoms with Crippen LogP contribution < -0.4 is 4.72 Å². The highest BCUT2D eigenvalue weighted by Gasteiger charge is 2.62. The summed E-state index contributed by atoms with van der Waals surface area (Å²) >= 11 is 0. The van der Waals surface area contributed by atoms with E-state index in [1.54, 1.807) is 41.1 Å². The van der Waals surface area contributed by atoms with Crippen molar-refractivity contribution in [2.24, 2.45) is 0 Å². The van der Waals surface area contributed by atoms with Crippen molar-refractivity contribution < 1.29 is 45.8 Å². The van der Waals surface area contributed by atoms with Crippen LogP contribution in [0.3, 0.4) is 0 Å². The molecule has 12 heteroatoms. The predicted molar refractivity (Wildman–Crippen MR) is 108 cm³/mol. The molecule has 174 valence electrons. The maximum Gasteiger partial charge on any atom is 0.421 e. The fourth-order valence-electron chi connectivity index (χ4n) is 2.75. The number of hydrogen-bond acceptors (Lipinski definition) is 8. The number of carbonyl (C=O) groups excluding carboxylic acids is 3. The van der Waals surface area contributed by atoms with Crippen molar-refractivity contribution in [1.29, 1.82) is 0 Å². The van der Waals surface area contributed by atoms with E-state index in [9.17, 15) is 31.6 Å². The van der Waals surface area contributed by atoms with Crippen molar-refractivity contribution in [3.05, 3.63) is 72.3 Å². The molecular weight excluding hydrogens is 464 g/mol. The van der Waals surface area contributed by atoms with Gasteiger partial charge in [-0.1, -0.05) is 48.5 Å². The van der Waals surface area contributed by atoms with Gasteiger partial charge in [0.1, 0.15) is 6.61 Å². The number of carbonyl (C=O) groups is 3. The second kappa shape index (κ2) is 9.77. The zero-order valence-corrected chi connectivity index (χ0v) is 17.5. The lowest BCUT2D eigenvalue weighted by molar-refractivity contribution is -0.170. The van der Waals surface area contributed by atoms with Crippen LogP contribution in [-0.2, 0) is 33.8 Å². The number of alkyl halides is 2. The van der Waals surface area contributed by atoms with Gasteiger partial charge in [-0.3, -0.25) is 0 Å². The number of amides is 1. The summed E-state index contributed by atoms with van der Waals surface area (Å²) in [7, 11) is -4.28. The molecule has 2 aromatic carbocycles. The first-order valence-electron chi connectivity index (χ1n) is 9.37. The minimum atomic E-state index is -4.28. The van der Waals surface area contributed by atoms with E-state index in [0.717, 1.165) is 6.08 Å².